The summed E-state index contributed by atoms with van der Waals surface area (Å²) < 4.78 is 5.44. The summed E-state index contributed by atoms with van der Waals surface area (Å²) in [5.74, 6) is 0. The van der Waals surface area contributed by atoms with Crippen molar-refractivity contribution in [1.82, 2.24) is 0 Å². The number of benzene rings is 1. The Balaban J connectivity index is 1.78. The minimum absolute atomic E-state index is 0.323. The Kier molecular flexibility index (Phi) is 4.23. The quantitative estimate of drug-likeness (QED) is 0.927. The standard InChI is InChI=1S/C16H20N2OS/c1-13(14-6-11-20-12-14)17-15-4-2-3-5-16(15)18-7-9-19-10-8-18/h2-6,11-13,17H,7-10H2,1H3. The molecule has 0 saturated carbocycles. The summed E-state index contributed by atoms with van der Waals surface area (Å²) in [6, 6.07) is 11.0. The third kappa shape index (κ3) is 2.97. The smallest absolute Gasteiger partial charge is 0.0642 e. The van der Waals surface area contributed by atoms with Crippen LogP contribution in [0.3, 0.4) is 0 Å². The third-order valence-corrected chi connectivity index (χ3v) is 4.37. The van der Waals surface area contributed by atoms with Crippen molar-refractivity contribution in [2.24, 2.45) is 0 Å². The molecule has 0 amide bonds. The number of hydrogen-bond acceptors (Lipinski definition) is 4. The molecule has 1 aromatic heterocycles. The fourth-order valence-electron chi connectivity index (χ4n) is 2.51. The molecule has 1 aliphatic heterocycles. The molecule has 1 fully saturated rings. The van der Waals surface area contributed by atoms with E-state index in [0.29, 0.717) is 6.04 Å². The van der Waals surface area contributed by atoms with E-state index in [4.69, 9.17) is 4.74 Å². The van der Waals surface area contributed by atoms with Crippen LogP contribution in [0, 0.1) is 0 Å². The van der Waals surface area contributed by atoms with Gasteiger partial charge in [-0.2, -0.15) is 11.3 Å². The van der Waals surface area contributed by atoms with Gasteiger partial charge >= 0.3 is 0 Å². The Morgan fingerprint density at radius 2 is 2.00 bits per heavy atom. The number of nitrogens with zero attached hydrogens (tertiary/aromatic N) is 1. The zero-order valence-electron chi connectivity index (χ0n) is 11.7. The van der Waals surface area contributed by atoms with Crippen molar-refractivity contribution in [3.63, 3.8) is 0 Å². The molecular formula is C16H20N2OS. The van der Waals surface area contributed by atoms with Crippen LogP contribution in [0.15, 0.2) is 41.1 Å². The highest BCUT2D eigenvalue weighted by molar-refractivity contribution is 7.07. The van der Waals surface area contributed by atoms with Gasteiger partial charge in [0.2, 0.25) is 0 Å². The van der Waals surface area contributed by atoms with Gasteiger partial charge in [0.25, 0.3) is 0 Å². The Bertz CT molecular complexity index is 535. The number of rotatable bonds is 4. The molecule has 0 bridgehead atoms. The van der Waals surface area contributed by atoms with Gasteiger partial charge in [-0.3, -0.25) is 0 Å². The van der Waals surface area contributed by atoms with E-state index in [0.717, 1.165) is 26.3 Å². The van der Waals surface area contributed by atoms with Crippen LogP contribution < -0.4 is 10.2 Å². The molecule has 0 aliphatic carbocycles. The van der Waals surface area contributed by atoms with Gasteiger partial charge in [-0.05, 0) is 41.4 Å². The molecule has 3 nitrogen and oxygen atoms in total. The highest BCUT2D eigenvalue weighted by Gasteiger charge is 2.15. The van der Waals surface area contributed by atoms with Crippen LogP contribution in [0.1, 0.15) is 18.5 Å². The van der Waals surface area contributed by atoms with Crippen LogP contribution in [-0.2, 0) is 4.74 Å². The molecule has 3 rings (SSSR count). The average molecular weight is 288 g/mol. The van der Waals surface area contributed by atoms with E-state index in [9.17, 15) is 0 Å². The van der Waals surface area contributed by atoms with Crippen LogP contribution in [0.5, 0.6) is 0 Å². The molecule has 2 aromatic rings. The van der Waals surface area contributed by atoms with E-state index in [2.05, 4.69) is 58.2 Å². The van der Waals surface area contributed by atoms with Gasteiger partial charge in [0.1, 0.15) is 0 Å². The molecule has 0 spiro atoms. The van der Waals surface area contributed by atoms with E-state index < -0.39 is 0 Å². The second kappa shape index (κ2) is 6.29. The molecular weight excluding hydrogens is 268 g/mol. The number of thiophene rings is 1. The van der Waals surface area contributed by atoms with E-state index in [1.54, 1.807) is 11.3 Å². The maximum Gasteiger partial charge on any atom is 0.0642 e. The Morgan fingerprint density at radius 1 is 1.20 bits per heavy atom. The van der Waals surface area contributed by atoms with Crippen LogP contribution >= 0.6 is 11.3 Å². The Morgan fingerprint density at radius 3 is 2.75 bits per heavy atom. The zero-order chi connectivity index (χ0) is 13.8. The monoisotopic (exact) mass is 288 g/mol. The van der Waals surface area contributed by atoms with E-state index in [-0.39, 0.29) is 0 Å². The van der Waals surface area contributed by atoms with E-state index in [1.165, 1.54) is 16.9 Å². The van der Waals surface area contributed by atoms with Crippen molar-refractivity contribution in [2.45, 2.75) is 13.0 Å². The van der Waals surface area contributed by atoms with Crippen molar-refractivity contribution in [3.05, 3.63) is 46.7 Å². The van der Waals surface area contributed by atoms with Crippen molar-refractivity contribution in [3.8, 4) is 0 Å². The molecule has 1 unspecified atom stereocenters. The van der Waals surface area contributed by atoms with E-state index >= 15 is 0 Å². The maximum absolute atomic E-state index is 5.44. The summed E-state index contributed by atoms with van der Waals surface area (Å²) in [6.07, 6.45) is 0. The molecule has 1 N–H and O–H groups in total. The number of hydrogen-bond donors (Lipinski definition) is 1. The maximum atomic E-state index is 5.44. The summed E-state index contributed by atoms with van der Waals surface area (Å²) >= 11 is 1.74. The first-order valence-electron chi connectivity index (χ1n) is 7.05. The normalized spacial score (nSPS) is 16.9. The first-order valence-corrected chi connectivity index (χ1v) is 7.99. The van der Waals surface area contributed by atoms with Crippen molar-refractivity contribution >= 4 is 22.7 Å². The first kappa shape index (κ1) is 13.5. The second-order valence-corrected chi connectivity index (χ2v) is 5.82. The minimum atomic E-state index is 0.323. The SMILES string of the molecule is CC(Nc1ccccc1N1CCOCC1)c1ccsc1. The van der Waals surface area contributed by atoms with E-state index in [1.807, 2.05) is 0 Å². The number of ether oxygens (including phenoxy) is 1. The highest BCUT2D eigenvalue weighted by atomic mass is 32.1. The zero-order valence-corrected chi connectivity index (χ0v) is 12.5. The average Bonchev–Trinajstić information content (AvgIpc) is 3.03. The lowest BCUT2D eigenvalue weighted by Gasteiger charge is -2.31. The topological polar surface area (TPSA) is 24.5 Å². The van der Waals surface area contributed by atoms with Gasteiger partial charge in [-0.25, -0.2) is 0 Å². The number of para-hydroxylation sites is 2. The van der Waals surface area contributed by atoms with Gasteiger partial charge in [-0.15, -0.1) is 0 Å². The molecule has 2 heterocycles. The summed E-state index contributed by atoms with van der Waals surface area (Å²) in [5, 5.41) is 7.96. The van der Waals surface area contributed by atoms with Crippen LogP contribution in [-0.4, -0.2) is 26.3 Å². The summed E-state index contributed by atoms with van der Waals surface area (Å²) in [4.78, 5) is 2.40. The van der Waals surface area contributed by atoms with Gasteiger partial charge in [0, 0.05) is 19.1 Å². The highest BCUT2D eigenvalue weighted by Crippen LogP contribution is 2.30. The third-order valence-electron chi connectivity index (χ3n) is 3.67. The van der Waals surface area contributed by atoms with Gasteiger partial charge in [0.15, 0.2) is 0 Å². The van der Waals surface area contributed by atoms with Gasteiger partial charge in [0.05, 0.1) is 24.6 Å². The Hall–Kier alpha value is -1.52. The lowest BCUT2D eigenvalue weighted by atomic mass is 10.1. The molecule has 1 saturated heterocycles. The molecule has 4 heteroatoms. The summed E-state index contributed by atoms with van der Waals surface area (Å²) in [5.41, 5.74) is 3.82. The van der Waals surface area contributed by atoms with Gasteiger partial charge < -0.3 is 15.0 Å². The van der Waals surface area contributed by atoms with Crippen molar-refractivity contribution < 1.29 is 4.74 Å². The molecule has 1 aromatic carbocycles. The van der Waals surface area contributed by atoms with Crippen molar-refractivity contribution in [1.29, 1.82) is 0 Å². The lowest BCUT2D eigenvalue weighted by Crippen LogP contribution is -2.36. The fraction of sp³-hybridized carbons (Fsp3) is 0.375. The predicted octanol–water partition coefficient (Wildman–Crippen LogP) is 3.76. The molecule has 20 heavy (non-hydrogen) atoms. The van der Waals surface area contributed by atoms with Gasteiger partial charge in [-0.1, -0.05) is 12.1 Å². The van der Waals surface area contributed by atoms with Crippen molar-refractivity contribution in [2.75, 3.05) is 36.5 Å². The lowest BCUT2D eigenvalue weighted by molar-refractivity contribution is 0.123. The molecule has 1 aliphatic rings. The molecule has 1 atom stereocenters. The first-order chi connectivity index (χ1) is 9.84. The molecule has 106 valence electrons. The summed E-state index contributed by atoms with van der Waals surface area (Å²) in [7, 11) is 0. The number of nitrogens with one attached hydrogen (secondary N) is 1. The summed E-state index contributed by atoms with van der Waals surface area (Å²) in [6.45, 7) is 5.76. The Labute approximate surface area is 124 Å². The molecule has 0 radical (unpaired) electrons. The van der Waals surface area contributed by atoms with Crippen LogP contribution in [0.2, 0.25) is 0 Å². The fourth-order valence-corrected chi connectivity index (χ4v) is 3.27. The largest absolute Gasteiger partial charge is 0.378 e. The second-order valence-electron chi connectivity index (χ2n) is 5.04. The van der Waals surface area contributed by atoms with Crippen LogP contribution in [0.4, 0.5) is 11.4 Å². The van der Waals surface area contributed by atoms with Crippen LogP contribution in [0.25, 0.3) is 0 Å². The minimum Gasteiger partial charge on any atom is -0.378 e. The predicted molar refractivity (Wildman–Crippen MR) is 85.8 cm³/mol. The number of anilines is 2. The number of morpholine rings is 1.